The first-order valence-corrected chi connectivity index (χ1v) is 3.79. The second kappa shape index (κ2) is 2.19. The summed E-state index contributed by atoms with van der Waals surface area (Å²) in [6, 6.07) is 0. The van der Waals surface area contributed by atoms with E-state index in [0.717, 1.165) is 12.1 Å². The topological polar surface area (TPSA) is 34.9 Å². The number of hydrogen-bond donors (Lipinski definition) is 0. The van der Waals surface area contributed by atoms with Gasteiger partial charge in [0.25, 0.3) is 0 Å². The van der Waals surface area contributed by atoms with Crippen molar-refractivity contribution >= 4 is 6.29 Å². The highest BCUT2D eigenvalue weighted by molar-refractivity contribution is 5.71. The number of rotatable bonds is 2. The van der Waals surface area contributed by atoms with Crippen molar-refractivity contribution in [1.82, 2.24) is 9.55 Å². The average molecular weight is 150 g/mol. The van der Waals surface area contributed by atoms with Crippen LogP contribution in [0, 0.1) is 0 Å². The smallest absolute Gasteiger partial charge is 0.170 e. The molecular formula is C8H10N2O. The van der Waals surface area contributed by atoms with Gasteiger partial charge in [0, 0.05) is 19.2 Å². The van der Waals surface area contributed by atoms with E-state index in [2.05, 4.69) is 4.98 Å². The van der Waals surface area contributed by atoms with Crippen molar-refractivity contribution in [3.63, 3.8) is 0 Å². The molecule has 0 amide bonds. The highest BCUT2D eigenvalue weighted by Crippen LogP contribution is 2.38. The van der Waals surface area contributed by atoms with Crippen LogP contribution in [0.25, 0.3) is 0 Å². The molecule has 11 heavy (non-hydrogen) atoms. The molecule has 0 saturated heterocycles. The summed E-state index contributed by atoms with van der Waals surface area (Å²) in [7, 11) is 1.94. The van der Waals surface area contributed by atoms with Crippen LogP contribution < -0.4 is 0 Å². The Kier molecular flexibility index (Phi) is 1.31. The molecule has 0 N–H and O–H groups in total. The molecule has 58 valence electrons. The Labute approximate surface area is 65.1 Å². The zero-order valence-corrected chi connectivity index (χ0v) is 6.45. The normalized spacial score (nSPS) is 16.8. The molecule has 3 heteroatoms. The van der Waals surface area contributed by atoms with Crippen molar-refractivity contribution in [3.8, 4) is 0 Å². The number of nitrogens with zero attached hydrogens (tertiary/aromatic N) is 2. The van der Waals surface area contributed by atoms with Crippen molar-refractivity contribution in [2.75, 3.05) is 0 Å². The van der Waals surface area contributed by atoms with Gasteiger partial charge in [0.2, 0.25) is 0 Å². The first kappa shape index (κ1) is 6.58. The number of aromatic nitrogens is 2. The van der Waals surface area contributed by atoms with Gasteiger partial charge in [-0.25, -0.2) is 4.98 Å². The third kappa shape index (κ3) is 1.06. The summed E-state index contributed by atoms with van der Waals surface area (Å²) in [6.45, 7) is 0. The molecule has 1 aliphatic carbocycles. The molecule has 1 aromatic rings. The van der Waals surface area contributed by atoms with Crippen LogP contribution in [-0.4, -0.2) is 15.8 Å². The predicted octanol–water partition coefficient (Wildman–Crippen LogP) is 1.11. The first-order valence-electron chi connectivity index (χ1n) is 3.79. The van der Waals surface area contributed by atoms with Gasteiger partial charge >= 0.3 is 0 Å². The van der Waals surface area contributed by atoms with E-state index in [4.69, 9.17) is 0 Å². The lowest BCUT2D eigenvalue weighted by Gasteiger charge is -1.94. The van der Waals surface area contributed by atoms with Crippen LogP contribution in [0.15, 0.2) is 6.20 Å². The maximum absolute atomic E-state index is 10.3. The number of carbonyl (C=O) groups excluding carboxylic acids is 1. The van der Waals surface area contributed by atoms with Crippen LogP contribution in [0.4, 0.5) is 0 Å². The van der Waals surface area contributed by atoms with Gasteiger partial charge in [-0.2, -0.15) is 0 Å². The van der Waals surface area contributed by atoms with E-state index in [1.807, 2.05) is 11.6 Å². The standard InChI is InChI=1S/C8H10N2O/c1-10-4-7(5-11)9-8(10)6-2-3-6/h4-6H,2-3H2,1H3. The average Bonchev–Trinajstić information content (AvgIpc) is 2.76. The van der Waals surface area contributed by atoms with E-state index >= 15 is 0 Å². The van der Waals surface area contributed by atoms with Crippen molar-refractivity contribution in [1.29, 1.82) is 0 Å². The minimum absolute atomic E-state index is 0.550. The van der Waals surface area contributed by atoms with Crippen molar-refractivity contribution in [3.05, 3.63) is 17.7 Å². The highest BCUT2D eigenvalue weighted by atomic mass is 16.1. The Morgan fingerprint density at radius 2 is 2.45 bits per heavy atom. The third-order valence-electron chi connectivity index (χ3n) is 1.99. The molecule has 1 aromatic heterocycles. The quantitative estimate of drug-likeness (QED) is 0.592. The van der Waals surface area contributed by atoms with Crippen LogP contribution >= 0.6 is 0 Å². The molecule has 1 aliphatic rings. The largest absolute Gasteiger partial charge is 0.337 e. The molecule has 3 nitrogen and oxygen atoms in total. The minimum Gasteiger partial charge on any atom is -0.337 e. The molecule has 0 unspecified atom stereocenters. The molecule has 2 rings (SSSR count). The van der Waals surface area contributed by atoms with Crippen LogP contribution in [0.3, 0.4) is 0 Å². The number of aldehydes is 1. The summed E-state index contributed by atoms with van der Waals surface area (Å²) in [6.07, 6.45) is 5.03. The van der Waals surface area contributed by atoms with Crippen molar-refractivity contribution in [2.45, 2.75) is 18.8 Å². The lowest BCUT2D eigenvalue weighted by Crippen LogP contribution is -1.93. The first-order chi connectivity index (χ1) is 5.31. The molecule has 1 heterocycles. The Hall–Kier alpha value is -1.12. The van der Waals surface area contributed by atoms with Gasteiger partial charge in [-0.05, 0) is 12.8 Å². The fourth-order valence-corrected chi connectivity index (χ4v) is 1.28. The Morgan fingerprint density at radius 3 is 2.91 bits per heavy atom. The van der Waals surface area contributed by atoms with Crippen LogP contribution in [-0.2, 0) is 7.05 Å². The SMILES string of the molecule is Cn1cc(C=O)nc1C1CC1. The molecule has 0 bridgehead atoms. The Morgan fingerprint density at radius 1 is 1.73 bits per heavy atom. The van der Waals surface area contributed by atoms with Crippen LogP contribution in [0.1, 0.15) is 35.1 Å². The van der Waals surface area contributed by atoms with Gasteiger partial charge in [0.05, 0.1) is 0 Å². The Balaban J connectivity index is 2.37. The van der Waals surface area contributed by atoms with Gasteiger partial charge in [0.15, 0.2) is 6.29 Å². The number of aryl methyl sites for hydroxylation is 1. The highest BCUT2D eigenvalue weighted by Gasteiger charge is 2.27. The molecule has 1 saturated carbocycles. The molecule has 0 atom stereocenters. The van der Waals surface area contributed by atoms with Gasteiger partial charge in [-0.3, -0.25) is 4.79 Å². The molecule has 0 aromatic carbocycles. The zero-order chi connectivity index (χ0) is 7.84. The van der Waals surface area contributed by atoms with E-state index in [-0.39, 0.29) is 0 Å². The fraction of sp³-hybridized carbons (Fsp3) is 0.500. The summed E-state index contributed by atoms with van der Waals surface area (Å²) in [5.74, 6) is 1.68. The van der Waals surface area contributed by atoms with Crippen molar-refractivity contribution in [2.24, 2.45) is 7.05 Å². The summed E-state index contributed by atoms with van der Waals surface area (Å²) >= 11 is 0. The maximum atomic E-state index is 10.3. The zero-order valence-electron chi connectivity index (χ0n) is 6.45. The third-order valence-corrected chi connectivity index (χ3v) is 1.99. The number of hydrogen-bond acceptors (Lipinski definition) is 2. The molecule has 0 aliphatic heterocycles. The lowest BCUT2D eigenvalue weighted by atomic mass is 10.4. The van der Waals surface area contributed by atoms with Crippen molar-refractivity contribution < 1.29 is 4.79 Å². The number of imidazole rings is 1. The lowest BCUT2D eigenvalue weighted by molar-refractivity contribution is 0.111. The van der Waals surface area contributed by atoms with E-state index in [0.29, 0.717) is 11.6 Å². The molecule has 1 fully saturated rings. The molecular weight excluding hydrogens is 140 g/mol. The minimum atomic E-state index is 0.550. The maximum Gasteiger partial charge on any atom is 0.170 e. The van der Waals surface area contributed by atoms with Gasteiger partial charge in [-0.1, -0.05) is 0 Å². The van der Waals surface area contributed by atoms with E-state index < -0.39 is 0 Å². The van der Waals surface area contributed by atoms with Crippen LogP contribution in [0.2, 0.25) is 0 Å². The second-order valence-corrected chi connectivity index (χ2v) is 3.03. The Bertz CT molecular complexity index is 286. The summed E-state index contributed by atoms with van der Waals surface area (Å²) in [5, 5.41) is 0. The summed E-state index contributed by atoms with van der Waals surface area (Å²) < 4.78 is 1.95. The number of carbonyl (C=O) groups is 1. The monoisotopic (exact) mass is 150 g/mol. The molecule has 0 spiro atoms. The predicted molar refractivity (Wildman–Crippen MR) is 40.6 cm³/mol. The van der Waals surface area contributed by atoms with E-state index in [1.54, 1.807) is 6.20 Å². The van der Waals surface area contributed by atoms with Gasteiger partial charge in [0.1, 0.15) is 11.5 Å². The molecule has 0 radical (unpaired) electrons. The van der Waals surface area contributed by atoms with Crippen LogP contribution in [0.5, 0.6) is 0 Å². The summed E-state index contributed by atoms with van der Waals surface area (Å²) in [5.41, 5.74) is 0.550. The van der Waals surface area contributed by atoms with E-state index in [1.165, 1.54) is 12.8 Å². The van der Waals surface area contributed by atoms with E-state index in [9.17, 15) is 4.79 Å². The van der Waals surface area contributed by atoms with Gasteiger partial charge < -0.3 is 4.57 Å². The second-order valence-electron chi connectivity index (χ2n) is 3.03. The summed E-state index contributed by atoms with van der Waals surface area (Å²) in [4.78, 5) is 14.5. The van der Waals surface area contributed by atoms with Gasteiger partial charge in [-0.15, -0.1) is 0 Å². The fourth-order valence-electron chi connectivity index (χ4n) is 1.28.